The molecule has 4 unspecified atom stereocenters. The number of nitrogens with two attached hydrogens (primary N) is 1. The summed E-state index contributed by atoms with van der Waals surface area (Å²) < 4.78 is 0. The maximum absolute atomic E-state index is 13.9. The molecular weight excluding hydrogens is 522 g/mol. The summed E-state index contributed by atoms with van der Waals surface area (Å²) >= 11 is 0. The molecule has 6 N–H and O–H groups in total. The van der Waals surface area contributed by atoms with Gasteiger partial charge in [0.2, 0.25) is 17.7 Å². The third-order valence-electron chi connectivity index (χ3n) is 7.51. The predicted octanol–water partition coefficient (Wildman–Crippen LogP) is 2.37. The highest BCUT2D eigenvalue weighted by atomic mass is 16.4. The molecule has 0 bridgehead atoms. The van der Waals surface area contributed by atoms with Gasteiger partial charge in [-0.25, -0.2) is 4.79 Å². The van der Waals surface area contributed by atoms with Gasteiger partial charge in [-0.3, -0.25) is 14.4 Å². The molecule has 41 heavy (non-hydrogen) atoms. The van der Waals surface area contributed by atoms with Gasteiger partial charge in [-0.1, -0.05) is 62.4 Å². The number of hydrogen-bond donors (Lipinski definition) is 5. The van der Waals surface area contributed by atoms with E-state index in [-0.39, 0.29) is 18.8 Å². The smallest absolute Gasteiger partial charge is 0.326 e. The van der Waals surface area contributed by atoms with Gasteiger partial charge in [0.25, 0.3) is 0 Å². The fraction of sp³-hybridized carbons (Fsp3) is 0.419. The van der Waals surface area contributed by atoms with Crippen molar-refractivity contribution in [3.05, 3.63) is 71.9 Å². The van der Waals surface area contributed by atoms with Crippen LogP contribution in [-0.2, 0) is 32.0 Å². The third kappa shape index (κ3) is 7.52. The van der Waals surface area contributed by atoms with Crippen LogP contribution in [0.5, 0.6) is 0 Å². The zero-order chi connectivity index (χ0) is 29.5. The minimum absolute atomic E-state index is 0.170. The van der Waals surface area contributed by atoms with Gasteiger partial charge in [0.1, 0.15) is 18.1 Å². The molecule has 0 saturated carbocycles. The number of carboxylic acids is 1. The van der Waals surface area contributed by atoms with Crippen molar-refractivity contribution in [2.24, 2.45) is 11.7 Å². The van der Waals surface area contributed by atoms with E-state index in [1.54, 1.807) is 6.20 Å². The number of carbonyl (C=O) groups is 4. The number of rotatable bonds is 12. The number of para-hydroxylation sites is 1. The van der Waals surface area contributed by atoms with Gasteiger partial charge in [0, 0.05) is 36.5 Å². The molecule has 0 radical (unpaired) electrons. The van der Waals surface area contributed by atoms with Crippen LogP contribution in [0.1, 0.15) is 44.2 Å². The SMILES string of the molecule is CC(C)CC(N)C(=O)NC(Cc1c[nH]c2ccccc12)C(=O)NC(Cc1ccccc1)C(=O)N1CCCC1C(=O)O. The van der Waals surface area contributed by atoms with E-state index in [2.05, 4.69) is 15.6 Å². The van der Waals surface area contributed by atoms with Gasteiger partial charge < -0.3 is 31.4 Å². The normalized spacial score (nSPS) is 17.3. The van der Waals surface area contributed by atoms with Crippen molar-refractivity contribution in [2.45, 2.75) is 70.1 Å². The maximum Gasteiger partial charge on any atom is 0.326 e. The number of nitrogens with zero attached hydrogens (tertiary/aromatic N) is 1. The molecule has 1 saturated heterocycles. The summed E-state index contributed by atoms with van der Waals surface area (Å²) in [7, 11) is 0. The number of carboxylic acid groups (broad SMARTS) is 1. The van der Waals surface area contributed by atoms with Crippen LogP contribution in [0, 0.1) is 5.92 Å². The van der Waals surface area contributed by atoms with Crippen LogP contribution >= 0.6 is 0 Å². The number of aromatic nitrogens is 1. The number of H-pyrrole nitrogens is 1. The fourth-order valence-electron chi connectivity index (χ4n) is 5.43. The fourth-order valence-corrected chi connectivity index (χ4v) is 5.43. The topological polar surface area (TPSA) is 158 Å². The second kappa shape index (κ2) is 13.5. The molecule has 1 aliphatic rings. The molecule has 1 aliphatic heterocycles. The molecular formula is C31H39N5O5. The van der Waals surface area contributed by atoms with Crippen LogP contribution < -0.4 is 16.4 Å². The molecule has 1 aromatic heterocycles. The lowest BCUT2D eigenvalue weighted by Crippen LogP contribution is -2.58. The Morgan fingerprint density at radius 3 is 2.37 bits per heavy atom. The van der Waals surface area contributed by atoms with E-state index >= 15 is 0 Å². The molecule has 10 nitrogen and oxygen atoms in total. The Hall–Kier alpha value is -4.18. The number of aliphatic carboxylic acids is 1. The van der Waals surface area contributed by atoms with Gasteiger partial charge in [-0.2, -0.15) is 0 Å². The number of benzene rings is 2. The van der Waals surface area contributed by atoms with Gasteiger partial charge in [-0.15, -0.1) is 0 Å². The molecule has 2 heterocycles. The largest absolute Gasteiger partial charge is 0.480 e. The summed E-state index contributed by atoms with van der Waals surface area (Å²) in [5.41, 5.74) is 8.68. The van der Waals surface area contributed by atoms with Crippen molar-refractivity contribution in [1.29, 1.82) is 0 Å². The van der Waals surface area contributed by atoms with Crippen molar-refractivity contribution >= 4 is 34.6 Å². The van der Waals surface area contributed by atoms with Gasteiger partial charge in [-0.05, 0) is 42.4 Å². The molecule has 4 rings (SSSR count). The van der Waals surface area contributed by atoms with Crippen molar-refractivity contribution in [1.82, 2.24) is 20.5 Å². The molecule has 3 aromatic rings. The Balaban J connectivity index is 1.61. The summed E-state index contributed by atoms with van der Waals surface area (Å²) in [5, 5.41) is 16.3. The molecule has 0 spiro atoms. The lowest BCUT2D eigenvalue weighted by atomic mass is 10.00. The zero-order valence-electron chi connectivity index (χ0n) is 23.5. The Bertz CT molecular complexity index is 1370. The second-order valence-electron chi connectivity index (χ2n) is 11.1. The standard InChI is InChI=1S/C31H39N5O5/c1-19(2)15-23(32)28(37)34-25(17-21-18-33-24-12-7-6-11-22(21)24)29(38)35-26(16-20-9-4-3-5-10-20)30(39)36-14-8-13-27(36)31(40)41/h3-7,9-12,18-19,23,25-27,33H,8,13-17,32H2,1-2H3,(H,34,37)(H,35,38)(H,40,41). The first kappa shape index (κ1) is 29.8. The van der Waals surface area contributed by atoms with E-state index in [4.69, 9.17) is 5.73 Å². The number of hydrogen-bond acceptors (Lipinski definition) is 5. The van der Waals surface area contributed by atoms with Crippen molar-refractivity contribution in [2.75, 3.05) is 6.54 Å². The van der Waals surface area contributed by atoms with E-state index in [9.17, 15) is 24.3 Å². The van der Waals surface area contributed by atoms with Crippen molar-refractivity contribution in [3.63, 3.8) is 0 Å². The summed E-state index contributed by atoms with van der Waals surface area (Å²) in [6.45, 7) is 4.23. The highest BCUT2D eigenvalue weighted by molar-refractivity contribution is 5.95. The second-order valence-corrected chi connectivity index (χ2v) is 11.1. The first-order valence-electron chi connectivity index (χ1n) is 14.1. The first-order chi connectivity index (χ1) is 19.6. The van der Waals surface area contributed by atoms with E-state index < -0.39 is 47.9 Å². The van der Waals surface area contributed by atoms with Gasteiger partial charge in [0.05, 0.1) is 6.04 Å². The molecule has 218 valence electrons. The number of carbonyl (C=O) groups excluding carboxylic acids is 3. The van der Waals surface area contributed by atoms with Crippen LogP contribution in [0.15, 0.2) is 60.8 Å². The van der Waals surface area contributed by atoms with Crippen molar-refractivity contribution < 1.29 is 24.3 Å². The number of nitrogens with one attached hydrogen (secondary N) is 3. The number of fused-ring (bicyclic) bond motifs is 1. The van der Waals surface area contributed by atoms with E-state index in [0.717, 1.165) is 22.0 Å². The molecule has 1 fully saturated rings. The van der Waals surface area contributed by atoms with Crippen LogP contribution in [0.25, 0.3) is 10.9 Å². The average Bonchev–Trinajstić information content (AvgIpc) is 3.60. The number of likely N-dealkylation sites (tertiary alicyclic amines) is 1. The summed E-state index contributed by atoms with van der Waals surface area (Å²) in [4.78, 5) is 57.0. The Morgan fingerprint density at radius 2 is 1.66 bits per heavy atom. The molecule has 10 heteroatoms. The zero-order valence-corrected chi connectivity index (χ0v) is 23.5. The summed E-state index contributed by atoms with van der Waals surface area (Å²) in [6, 6.07) is 13.1. The molecule has 2 aromatic carbocycles. The lowest BCUT2D eigenvalue weighted by molar-refractivity contribution is -0.149. The number of amides is 3. The minimum atomic E-state index is -1.07. The number of aromatic amines is 1. The maximum atomic E-state index is 13.9. The van der Waals surface area contributed by atoms with Crippen LogP contribution in [0.3, 0.4) is 0 Å². The average molecular weight is 562 g/mol. The molecule has 4 atom stereocenters. The molecule has 3 amide bonds. The Kier molecular flexibility index (Phi) is 9.78. The van der Waals surface area contributed by atoms with Crippen molar-refractivity contribution in [3.8, 4) is 0 Å². The van der Waals surface area contributed by atoms with Gasteiger partial charge >= 0.3 is 5.97 Å². The summed E-state index contributed by atoms with van der Waals surface area (Å²) in [5.74, 6) is -2.33. The van der Waals surface area contributed by atoms with Crippen LogP contribution in [0.2, 0.25) is 0 Å². The quantitative estimate of drug-likeness (QED) is 0.228. The lowest BCUT2D eigenvalue weighted by Gasteiger charge is -2.29. The highest BCUT2D eigenvalue weighted by Gasteiger charge is 2.38. The Labute approximate surface area is 239 Å². The highest BCUT2D eigenvalue weighted by Crippen LogP contribution is 2.21. The van der Waals surface area contributed by atoms with E-state index in [0.29, 0.717) is 25.8 Å². The van der Waals surface area contributed by atoms with E-state index in [1.807, 2.05) is 68.4 Å². The first-order valence-corrected chi connectivity index (χ1v) is 14.1. The Morgan fingerprint density at radius 1 is 0.976 bits per heavy atom. The monoisotopic (exact) mass is 561 g/mol. The van der Waals surface area contributed by atoms with Crippen LogP contribution in [-0.4, -0.2) is 69.4 Å². The third-order valence-corrected chi connectivity index (χ3v) is 7.51. The summed E-state index contributed by atoms with van der Waals surface area (Å²) in [6.07, 6.45) is 3.54. The predicted molar refractivity (Wildman–Crippen MR) is 156 cm³/mol. The molecule has 0 aliphatic carbocycles. The van der Waals surface area contributed by atoms with Crippen LogP contribution in [0.4, 0.5) is 0 Å². The van der Waals surface area contributed by atoms with Gasteiger partial charge in [0.15, 0.2) is 0 Å². The van der Waals surface area contributed by atoms with E-state index in [1.165, 1.54) is 4.90 Å². The minimum Gasteiger partial charge on any atom is -0.480 e.